The van der Waals surface area contributed by atoms with Gasteiger partial charge in [-0.05, 0) is 30.2 Å². The van der Waals surface area contributed by atoms with Crippen LogP contribution >= 0.6 is 0 Å². The number of carbonyl (C=O) groups is 1. The van der Waals surface area contributed by atoms with Gasteiger partial charge in [-0.2, -0.15) is 0 Å². The number of nitrogens with zero attached hydrogens (tertiary/aromatic N) is 2. The highest BCUT2D eigenvalue weighted by Gasteiger charge is 2.33. The van der Waals surface area contributed by atoms with E-state index in [0.717, 1.165) is 12.8 Å². The van der Waals surface area contributed by atoms with Gasteiger partial charge in [-0.3, -0.25) is 19.1 Å². The first kappa shape index (κ1) is 16.2. The van der Waals surface area contributed by atoms with Gasteiger partial charge in [0.05, 0.1) is 18.0 Å². The van der Waals surface area contributed by atoms with Crippen LogP contribution in [-0.2, 0) is 17.7 Å². The lowest BCUT2D eigenvalue weighted by atomic mass is 9.73. The SMILES string of the molecule is CC1(C)CC(=O)c2cnc3c(c2C1)c(=O)[nH]c(=O)n3C[C@@H]1CCCO1. The van der Waals surface area contributed by atoms with Gasteiger partial charge in [-0.1, -0.05) is 13.8 Å². The summed E-state index contributed by atoms with van der Waals surface area (Å²) >= 11 is 0. The Bertz CT molecular complexity index is 980. The maximum atomic E-state index is 12.5. The van der Waals surface area contributed by atoms with E-state index in [2.05, 4.69) is 9.97 Å². The zero-order chi connectivity index (χ0) is 17.8. The summed E-state index contributed by atoms with van der Waals surface area (Å²) in [5, 5.41) is 0.358. The predicted molar refractivity (Wildman–Crippen MR) is 92.0 cm³/mol. The van der Waals surface area contributed by atoms with Gasteiger partial charge in [-0.25, -0.2) is 9.78 Å². The van der Waals surface area contributed by atoms with Crippen molar-refractivity contribution in [2.45, 2.75) is 52.2 Å². The van der Waals surface area contributed by atoms with Gasteiger partial charge in [0.25, 0.3) is 5.56 Å². The molecule has 132 valence electrons. The second-order valence-corrected chi connectivity index (χ2v) is 7.79. The van der Waals surface area contributed by atoms with Gasteiger partial charge < -0.3 is 4.74 Å². The quantitative estimate of drug-likeness (QED) is 0.890. The fraction of sp³-hybridized carbons (Fsp3) is 0.556. The van der Waals surface area contributed by atoms with Crippen molar-refractivity contribution in [2.24, 2.45) is 5.41 Å². The maximum absolute atomic E-state index is 12.5. The molecule has 2 aromatic rings. The first-order valence-electron chi connectivity index (χ1n) is 8.65. The van der Waals surface area contributed by atoms with Crippen LogP contribution in [0.4, 0.5) is 0 Å². The first-order chi connectivity index (χ1) is 11.9. The van der Waals surface area contributed by atoms with Crippen molar-refractivity contribution in [3.63, 3.8) is 0 Å². The number of hydrogen-bond acceptors (Lipinski definition) is 5. The van der Waals surface area contributed by atoms with Crippen molar-refractivity contribution >= 4 is 16.8 Å². The highest BCUT2D eigenvalue weighted by Crippen LogP contribution is 2.36. The van der Waals surface area contributed by atoms with E-state index in [0.29, 0.717) is 48.2 Å². The maximum Gasteiger partial charge on any atom is 0.330 e. The van der Waals surface area contributed by atoms with Crippen LogP contribution in [0.5, 0.6) is 0 Å². The van der Waals surface area contributed by atoms with E-state index < -0.39 is 11.2 Å². The molecule has 0 bridgehead atoms. The van der Waals surface area contributed by atoms with Crippen LogP contribution in [0.1, 0.15) is 49.0 Å². The summed E-state index contributed by atoms with van der Waals surface area (Å²) in [4.78, 5) is 44.0. The predicted octanol–water partition coefficient (Wildman–Crippen LogP) is 1.42. The number of aromatic amines is 1. The molecule has 7 nitrogen and oxygen atoms in total. The number of carbonyl (C=O) groups excluding carboxylic acids is 1. The first-order valence-corrected chi connectivity index (χ1v) is 8.65. The number of rotatable bonds is 2. The Labute approximate surface area is 144 Å². The summed E-state index contributed by atoms with van der Waals surface area (Å²) in [6, 6.07) is 0. The standard InChI is InChI=1S/C18H21N3O4/c1-18(2)6-11-12(13(22)7-18)8-19-15-14(11)16(23)20-17(24)21(15)9-10-4-3-5-25-10/h8,10H,3-7,9H2,1-2H3,(H,20,23,24)/t10-/m0/s1. The number of H-pyrrole nitrogens is 1. The topological polar surface area (TPSA) is 94.0 Å². The molecule has 1 saturated heterocycles. The van der Waals surface area contributed by atoms with E-state index in [-0.39, 0.29) is 17.3 Å². The molecule has 1 aliphatic carbocycles. The summed E-state index contributed by atoms with van der Waals surface area (Å²) in [5.41, 5.74) is 0.363. The molecule has 4 rings (SSSR count). The minimum Gasteiger partial charge on any atom is -0.376 e. The number of hydrogen-bond donors (Lipinski definition) is 1. The number of ether oxygens (including phenoxy) is 1. The average molecular weight is 343 g/mol. The molecular weight excluding hydrogens is 322 g/mol. The van der Waals surface area contributed by atoms with Gasteiger partial charge >= 0.3 is 5.69 Å². The fourth-order valence-corrected chi connectivity index (χ4v) is 3.96. The lowest BCUT2D eigenvalue weighted by molar-refractivity contribution is 0.0911. The zero-order valence-electron chi connectivity index (χ0n) is 14.4. The van der Waals surface area contributed by atoms with E-state index in [1.54, 1.807) is 0 Å². The number of Topliss-reactive ketones (excluding diaryl/α,β-unsaturated/α-hetero) is 1. The minimum absolute atomic E-state index is 0.00285. The Morgan fingerprint density at radius 1 is 1.32 bits per heavy atom. The lowest BCUT2D eigenvalue weighted by Crippen LogP contribution is -2.36. The van der Waals surface area contributed by atoms with Crippen LogP contribution in [-0.4, -0.2) is 33.0 Å². The van der Waals surface area contributed by atoms with E-state index >= 15 is 0 Å². The number of ketones is 1. The Balaban J connectivity index is 1.96. The summed E-state index contributed by atoms with van der Waals surface area (Å²) < 4.78 is 7.09. The molecule has 0 spiro atoms. The largest absolute Gasteiger partial charge is 0.376 e. The van der Waals surface area contributed by atoms with Gasteiger partial charge in [0.1, 0.15) is 5.65 Å². The van der Waals surface area contributed by atoms with Crippen LogP contribution in [0.15, 0.2) is 15.8 Å². The normalized spacial score (nSPS) is 22.3. The summed E-state index contributed by atoms with van der Waals surface area (Å²) in [6.45, 7) is 5.06. The number of nitrogens with one attached hydrogen (secondary N) is 1. The lowest BCUT2D eigenvalue weighted by Gasteiger charge is -2.30. The van der Waals surface area contributed by atoms with E-state index in [1.807, 2.05) is 13.8 Å². The molecular formula is C18H21N3O4. The summed E-state index contributed by atoms with van der Waals surface area (Å²) in [6.07, 6.45) is 4.34. The Morgan fingerprint density at radius 3 is 2.84 bits per heavy atom. The van der Waals surface area contributed by atoms with Gasteiger partial charge in [0.2, 0.25) is 0 Å². The third-order valence-electron chi connectivity index (χ3n) is 5.12. The van der Waals surface area contributed by atoms with Crippen LogP contribution < -0.4 is 11.2 Å². The van der Waals surface area contributed by atoms with E-state index in [4.69, 9.17) is 4.74 Å². The molecule has 3 heterocycles. The van der Waals surface area contributed by atoms with Crippen LogP contribution in [0.25, 0.3) is 11.0 Å². The molecule has 0 saturated carbocycles. The van der Waals surface area contributed by atoms with Gasteiger partial charge in [0, 0.05) is 24.8 Å². The second kappa shape index (κ2) is 5.62. The highest BCUT2D eigenvalue weighted by atomic mass is 16.5. The molecule has 1 aliphatic heterocycles. The summed E-state index contributed by atoms with van der Waals surface area (Å²) in [5.74, 6) is -0.00285. The van der Waals surface area contributed by atoms with E-state index in [9.17, 15) is 14.4 Å². The minimum atomic E-state index is -0.484. The Hall–Kier alpha value is -2.28. The Kier molecular flexibility index (Phi) is 3.64. The molecule has 0 aromatic carbocycles. The van der Waals surface area contributed by atoms with E-state index in [1.165, 1.54) is 10.8 Å². The monoisotopic (exact) mass is 343 g/mol. The summed E-state index contributed by atoms with van der Waals surface area (Å²) in [7, 11) is 0. The molecule has 1 N–H and O–H groups in total. The molecule has 2 aliphatic rings. The van der Waals surface area contributed by atoms with Gasteiger partial charge in [-0.15, -0.1) is 0 Å². The Morgan fingerprint density at radius 2 is 2.12 bits per heavy atom. The molecule has 0 radical (unpaired) electrons. The van der Waals surface area contributed by atoms with Crippen molar-refractivity contribution in [2.75, 3.05) is 6.61 Å². The molecule has 2 aromatic heterocycles. The van der Waals surface area contributed by atoms with Crippen LogP contribution in [0.2, 0.25) is 0 Å². The third-order valence-corrected chi connectivity index (χ3v) is 5.12. The highest BCUT2D eigenvalue weighted by molar-refractivity contribution is 6.02. The van der Waals surface area contributed by atoms with Crippen molar-refractivity contribution in [1.82, 2.24) is 14.5 Å². The smallest absolute Gasteiger partial charge is 0.330 e. The third kappa shape index (κ3) is 2.72. The van der Waals surface area contributed by atoms with Crippen molar-refractivity contribution in [3.8, 4) is 0 Å². The van der Waals surface area contributed by atoms with Crippen LogP contribution in [0.3, 0.4) is 0 Å². The number of fused-ring (bicyclic) bond motifs is 3. The van der Waals surface area contributed by atoms with Crippen molar-refractivity contribution in [1.29, 1.82) is 0 Å². The second-order valence-electron chi connectivity index (χ2n) is 7.79. The van der Waals surface area contributed by atoms with Crippen molar-refractivity contribution in [3.05, 3.63) is 38.2 Å². The van der Waals surface area contributed by atoms with Crippen LogP contribution in [0, 0.1) is 5.41 Å². The molecule has 0 amide bonds. The van der Waals surface area contributed by atoms with Crippen molar-refractivity contribution < 1.29 is 9.53 Å². The molecule has 1 fully saturated rings. The number of pyridine rings is 1. The number of aromatic nitrogens is 3. The average Bonchev–Trinajstić information content (AvgIpc) is 3.02. The molecule has 1 atom stereocenters. The molecule has 25 heavy (non-hydrogen) atoms. The van der Waals surface area contributed by atoms with Gasteiger partial charge in [0.15, 0.2) is 5.78 Å². The molecule has 7 heteroatoms. The fourth-order valence-electron chi connectivity index (χ4n) is 3.96. The zero-order valence-corrected chi connectivity index (χ0v) is 14.4. The molecule has 0 unspecified atom stereocenters.